The summed E-state index contributed by atoms with van der Waals surface area (Å²) in [7, 11) is 1.54. The Hall–Kier alpha value is -1.17. The monoisotopic (exact) mass is 286 g/mol. The van der Waals surface area contributed by atoms with Gasteiger partial charge < -0.3 is 19.3 Å². The molecule has 0 bridgehead atoms. The van der Waals surface area contributed by atoms with E-state index in [4.69, 9.17) is 14.2 Å². The number of esters is 1. The number of carbonyl (C=O) groups excluding carboxylic acids is 1. The highest BCUT2D eigenvalue weighted by Crippen LogP contribution is 2.09. The fraction of sp³-hybridized carbons (Fsp3) is 0.667. The Morgan fingerprint density at radius 2 is 2.05 bits per heavy atom. The molecule has 0 heterocycles. The van der Waals surface area contributed by atoms with Gasteiger partial charge in [0, 0.05) is 19.6 Å². The first kappa shape index (κ1) is 18.8. The van der Waals surface area contributed by atoms with Crippen LogP contribution in [0.15, 0.2) is 24.8 Å². The van der Waals surface area contributed by atoms with Crippen molar-refractivity contribution in [2.75, 3.05) is 13.9 Å². The molecule has 0 unspecified atom stereocenters. The van der Waals surface area contributed by atoms with E-state index in [1.54, 1.807) is 19.1 Å². The van der Waals surface area contributed by atoms with Crippen molar-refractivity contribution in [1.29, 1.82) is 0 Å². The molecule has 0 radical (unpaired) electrons. The van der Waals surface area contributed by atoms with Crippen LogP contribution in [0.5, 0.6) is 0 Å². The Labute approximate surface area is 121 Å². The van der Waals surface area contributed by atoms with Gasteiger partial charge in [-0.05, 0) is 26.7 Å². The van der Waals surface area contributed by atoms with Gasteiger partial charge in [0.25, 0.3) is 0 Å². The average molecular weight is 286 g/mol. The lowest BCUT2D eigenvalue weighted by molar-refractivity contribution is -0.141. The maximum atomic E-state index is 11.5. The lowest BCUT2D eigenvalue weighted by Gasteiger charge is -2.17. The lowest BCUT2D eigenvalue weighted by Crippen LogP contribution is -2.19. The number of hydrogen-bond donors (Lipinski definition) is 1. The normalized spacial score (nSPS) is 15.8. The first-order chi connectivity index (χ1) is 9.49. The molecule has 0 aromatic carbocycles. The Bertz CT molecular complexity index is 299. The molecule has 0 aliphatic rings. The van der Waals surface area contributed by atoms with Crippen molar-refractivity contribution >= 4 is 5.97 Å². The smallest absolute Gasteiger partial charge is 0.330 e. The van der Waals surface area contributed by atoms with E-state index in [9.17, 15) is 9.90 Å². The zero-order valence-electron chi connectivity index (χ0n) is 12.6. The largest absolute Gasteiger partial charge is 0.459 e. The molecular weight excluding hydrogens is 260 g/mol. The fourth-order valence-electron chi connectivity index (χ4n) is 1.61. The van der Waals surface area contributed by atoms with E-state index in [1.165, 1.54) is 13.2 Å². The van der Waals surface area contributed by atoms with Crippen LogP contribution in [0.2, 0.25) is 0 Å². The molecule has 0 spiro atoms. The van der Waals surface area contributed by atoms with Crippen LogP contribution in [0.3, 0.4) is 0 Å². The molecule has 0 saturated heterocycles. The van der Waals surface area contributed by atoms with E-state index in [1.807, 2.05) is 6.92 Å². The topological polar surface area (TPSA) is 65.0 Å². The number of rotatable bonds is 11. The molecule has 0 rings (SSSR count). The first-order valence-electron chi connectivity index (χ1n) is 6.76. The van der Waals surface area contributed by atoms with Crippen molar-refractivity contribution in [3.63, 3.8) is 0 Å². The van der Waals surface area contributed by atoms with Gasteiger partial charge in [0.15, 0.2) is 0 Å². The van der Waals surface area contributed by atoms with E-state index >= 15 is 0 Å². The van der Waals surface area contributed by atoms with Crippen LogP contribution in [0, 0.1) is 0 Å². The van der Waals surface area contributed by atoms with Crippen LogP contribution in [0.4, 0.5) is 0 Å². The highest BCUT2D eigenvalue weighted by Gasteiger charge is 2.11. The molecule has 0 amide bonds. The van der Waals surface area contributed by atoms with Gasteiger partial charge in [0.1, 0.15) is 12.9 Å². The van der Waals surface area contributed by atoms with Crippen LogP contribution in [-0.4, -0.2) is 43.3 Å². The van der Waals surface area contributed by atoms with Gasteiger partial charge in [0.05, 0.1) is 12.2 Å². The number of aliphatic hydroxyl groups is 1. The second-order valence-corrected chi connectivity index (χ2v) is 4.69. The quantitative estimate of drug-likeness (QED) is 0.273. The minimum absolute atomic E-state index is 0.159. The molecule has 1 N–H and O–H groups in total. The molecule has 20 heavy (non-hydrogen) atoms. The maximum Gasteiger partial charge on any atom is 0.330 e. The number of aliphatic hydroxyl groups excluding tert-OH is 1. The predicted molar refractivity (Wildman–Crippen MR) is 77.2 cm³/mol. The minimum Gasteiger partial charge on any atom is -0.459 e. The zero-order valence-corrected chi connectivity index (χ0v) is 12.6. The summed E-state index contributed by atoms with van der Waals surface area (Å²) in [5, 5.41) is 9.36. The third kappa shape index (κ3) is 10.7. The molecule has 116 valence electrons. The fourth-order valence-corrected chi connectivity index (χ4v) is 1.61. The van der Waals surface area contributed by atoms with Crippen molar-refractivity contribution in [2.24, 2.45) is 0 Å². The van der Waals surface area contributed by atoms with Gasteiger partial charge in [-0.25, -0.2) is 4.79 Å². The molecule has 0 fully saturated rings. The van der Waals surface area contributed by atoms with E-state index in [-0.39, 0.29) is 25.0 Å². The Morgan fingerprint density at radius 3 is 2.60 bits per heavy atom. The number of methoxy groups -OCH3 is 1. The Kier molecular flexibility index (Phi) is 11.0. The van der Waals surface area contributed by atoms with Gasteiger partial charge in [-0.2, -0.15) is 0 Å². The summed E-state index contributed by atoms with van der Waals surface area (Å²) in [6, 6.07) is 0. The number of carbonyl (C=O) groups is 1. The van der Waals surface area contributed by atoms with Crippen molar-refractivity contribution in [3.8, 4) is 0 Å². The van der Waals surface area contributed by atoms with E-state index in [0.717, 1.165) is 0 Å². The highest BCUT2D eigenvalue weighted by molar-refractivity contribution is 5.82. The van der Waals surface area contributed by atoms with Crippen LogP contribution >= 0.6 is 0 Å². The highest BCUT2D eigenvalue weighted by atomic mass is 16.7. The summed E-state index contributed by atoms with van der Waals surface area (Å²) in [5.74, 6) is -0.387. The summed E-state index contributed by atoms with van der Waals surface area (Å²) in [4.78, 5) is 11.5. The molecule has 0 aromatic heterocycles. The van der Waals surface area contributed by atoms with Gasteiger partial charge in [-0.3, -0.25) is 0 Å². The molecule has 0 aliphatic carbocycles. The van der Waals surface area contributed by atoms with Crippen LogP contribution in [-0.2, 0) is 19.0 Å². The second-order valence-electron chi connectivity index (χ2n) is 4.69. The Balaban J connectivity index is 4.13. The summed E-state index contributed by atoms with van der Waals surface area (Å²) in [6.45, 7) is 7.25. The van der Waals surface area contributed by atoms with Crippen molar-refractivity contribution < 1.29 is 24.1 Å². The summed E-state index contributed by atoms with van der Waals surface area (Å²) in [5.41, 5.74) is 0. The third-order valence-electron chi connectivity index (χ3n) is 2.49. The lowest BCUT2D eigenvalue weighted by atomic mass is 10.1. The van der Waals surface area contributed by atoms with Gasteiger partial charge in [0.2, 0.25) is 0 Å². The molecule has 0 aromatic rings. The van der Waals surface area contributed by atoms with E-state index in [0.29, 0.717) is 19.3 Å². The molecular formula is C15H26O5. The molecule has 0 aliphatic heterocycles. The van der Waals surface area contributed by atoms with Crippen molar-refractivity contribution in [2.45, 2.75) is 51.4 Å². The molecule has 0 saturated carbocycles. The molecule has 5 heteroatoms. The third-order valence-corrected chi connectivity index (χ3v) is 2.49. The summed E-state index contributed by atoms with van der Waals surface area (Å²) >= 11 is 0. The first-order valence-corrected chi connectivity index (χ1v) is 6.76. The summed E-state index contributed by atoms with van der Waals surface area (Å²) in [6.07, 6.45) is 5.56. The average Bonchev–Trinajstić information content (AvgIpc) is 2.35. The van der Waals surface area contributed by atoms with Gasteiger partial charge in [-0.1, -0.05) is 12.2 Å². The summed E-state index contributed by atoms with van der Waals surface area (Å²) < 4.78 is 15.4. The number of ether oxygens (including phenoxy) is 3. The number of hydrogen-bond acceptors (Lipinski definition) is 5. The van der Waals surface area contributed by atoms with Crippen LogP contribution in [0.25, 0.3) is 0 Å². The van der Waals surface area contributed by atoms with E-state index < -0.39 is 6.10 Å². The second kappa shape index (κ2) is 11.6. The zero-order chi connectivity index (χ0) is 15.4. The molecule has 3 atom stereocenters. The maximum absolute atomic E-state index is 11.5. The Morgan fingerprint density at radius 1 is 1.35 bits per heavy atom. The van der Waals surface area contributed by atoms with E-state index in [2.05, 4.69) is 6.58 Å². The van der Waals surface area contributed by atoms with Crippen molar-refractivity contribution in [3.05, 3.63) is 24.8 Å². The standard InChI is InChI=1S/C15H26O5/c1-5-7-13(3)20-15(17)9-6-8-14(10-12(2)16)19-11-18-4/h5-6,9,12-14,16H,1,7-8,10-11H2,2-4H3/b9-6+/t12-,13-,14+/m1/s1. The van der Waals surface area contributed by atoms with Crippen LogP contribution < -0.4 is 0 Å². The molecule has 5 nitrogen and oxygen atoms in total. The van der Waals surface area contributed by atoms with Crippen LogP contribution in [0.1, 0.15) is 33.1 Å². The SMILES string of the molecule is C=CC[C@@H](C)OC(=O)/C=C/C[C@@H](C[C@@H](C)O)OCOC. The van der Waals surface area contributed by atoms with Gasteiger partial charge >= 0.3 is 5.97 Å². The van der Waals surface area contributed by atoms with Crippen molar-refractivity contribution in [1.82, 2.24) is 0 Å². The van der Waals surface area contributed by atoms with Gasteiger partial charge in [-0.15, -0.1) is 6.58 Å². The minimum atomic E-state index is -0.468. The predicted octanol–water partition coefficient (Wildman–Crippen LogP) is 2.20.